The molecular formula is C15H25N3O. The third-order valence-electron chi connectivity index (χ3n) is 4.63. The maximum absolute atomic E-state index is 12.5. The molecule has 1 heterocycles. The van der Waals surface area contributed by atoms with E-state index in [1.807, 2.05) is 7.05 Å². The lowest BCUT2D eigenvalue weighted by atomic mass is 9.74. The molecule has 19 heavy (non-hydrogen) atoms. The van der Waals surface area contributed by atoms with E-state index in [4.69, 9.17) is 0 Å². The molecule has 0 aromatic carbocycles. The van der Waals surface area contributed by atoms with Gasteiger partial charge in [0.05, 0.1) is 6.07 Å². The summed E-state index contributed by atoms with van der Waals surface area (Å²) in [6.45, 7) is 4.02. The van der Waals surface area contributed by atoms with Gasteiger partial charge in [-0.1, -0.05) is 19.3 Å². The van der Waals surface area contributed by atoms with E-state index in [2.05, 4.69) is 11.0 Å². The van der Waals surface area contributed by atoms with E-state index in [1.54, 1.807) is 4.90 Å². The SMILES string of the molecule is CN(CCN1CCCC1)C(=O)C1(C#N)CCCCC1. The lowest BCUT2D eigenvalue weighted by molar-refractivity contribution is -0.139. The van der Waals surface area contributed by atoms with Gasteiger partial charge in [-0.15, -0.1) is 0 Å². The molecule has 2 fully saturated rings. The quantitative estimate of drug-likeness (QED) is 0.779. The second-order valence-electron chi connectivity index (χ2n) is 6.03. The predicted octanol–water partition coefficient (Wildman–Crippen LogP) is 2.01. The van der Waals surface area contributed by atoms with E-state index in [9.17, 15) is 10.1 Å². The van der Waals surface area contributed by atoms with Crippen LogP contribution in [-0.4, -0.2) is 48.9 Å². The largest absolute Gasteiger partial charge is 0.343 e. The maximum atomic E-state index is 12.5. The number of carbonyl (C=O) groups excluding carboxylic acids is 1. The summed E-state index contributed by atoms with van der Waals surface area (Å²) in [5, 5.41) is 9.43. The van der Waals surface area contributed by atoms with Crippen molar-refractivity contribution >= 4 is 5.91 Å². The zero-order valence-corrected chi connectivity index (χ0v) is 12.0. The molecule has 0 N–H and O–H groups in total. The van der Waals surface area contributed by atoms with Crippen LogP contribution in [0, 0.1) is 16.7 Å². The Bertz CT molecular complexity index is 349. The van der Waals surface area contributed by atoms with Crippen molar-refractivity contribution in [1.29, 1.82) is 5.26 Å². The van der Waals surface area contributed by atoms with Crippen molar-refractivity contribution in [3.8, 4) is 6.07 Å². The topological polar surface area (TPSA) is 47.3 Å². The van der Waals surface area contributed by atoms with Crippen LogP contribution in [0.1, 0.15) is 44.9 Å². The Balaban J connectivity index is 1.87. The number of hydrogen-bond acceptors (Lipinski definition) is 3. The number of likely N-dealkylation sites (tertiary alicyclic amines) is 1. The highest BCUT2D eigenvalue weighted by Crippen LogP contribution is 2.37. The Morgan fingerprint density at radius 2 is 1.84 bits per heavy atom. The molecule has 1 saturated carbocycles. The minimum absolute atomic E-state index is 0.0499. The fraction of sp³-hybridized carbons (Fsp3) is 0.867. The molecule has 0 aromatic heterocycles. The van der Waals surface area contributed by atoms with E-state index in [0.29, 0.717) is 0 Å². The number of nitrogens with zero attached hydrogens (tertiary/aromatic N) is 3. The molecule has 0 aromatic rings. The van der Waals surface area contributed by atoms with E-state index in [-0.39, 0.29) is 5.91 Å². The summed E-state index contributed by atoms with van der Waals surface area (Å²) in [7, 11) is 1.85. The van der Waals surface area contributed by atoms with Crippen molar-refractivity contribution in [2.45, 2.75) is 44.9 Å². The van der Waals surface area contributed by atoms with E-state index in [0.717, 1.165) is 58.3 Å². The Hall–Kier alpha value is -1.08. The molecular weight excluding hydrogens is 238 g/mol. The molecule has 2 aliphatic rings. The van der Waals surface area contributed by atoms with Gasteiger partial charge in [0, 0.05) is 20.1 Å². The molecule has 106 valence electrons. The number of hydrogen-bond donors (Lipinski definition) is 0. The van der Waals surface area contributed by atoms with Crippen LogP contribution in [0.2, 0.25) is 0 Å². The lowest BCUT2D eigenvalue weighted by Crippen LogP contribution is -2.45. The summed E-state index contributed by atoms with van der Waals surface area (Å²) in [6, 6.07) is 2.32. The number of rotatable bonds is 4. The number of carbonyl (C=O) groups is 1. The normalized spacial score (nSPS) is 22.9. The molecule has 1 aliphatic heterocycles. The van der Waals surface area contributed by atoms with Crippen LogP contribution in [-0.2, 0) is 4.79 Å². The summed E-state index contributed by atoms with van der Waals surface area (Å²) in [4.78, 5) is 16.7. The van der Waals surface area contributed by atoms with Crippen molar-refractivity contribution in [3.63, 3.8) is 0 Å². The first kappa shape index (κ1) is 14.3. The smallest absolute Gasteiger partial charge is 0.242 e. The Kier molecular flexibility index (Phi) is 4.81. The zero-order chi connectivity index (χ0) is 13.7. The molecule has 4 nitrogen and oxygen atoms in total. The maximum Gasteiger partial charge on any atom is 0.242 e. The molecule has 0 atom stereocenters. The number of amides is 1. The van der Waals surface area contributed by atoms with Gasteiger partial charge in [0.25, 0.3) is 0 Å². The first-order chi connectivity index (χ1) is 9.18. The van der Waals surface area contributed by atoms with Crippen LogP contribution < -0.4 is 0 Å². The van der Waals surface area contributed by atoms with Gasteiger partial charge in [-0.25, -0.2) is 0 Å². The highest BCUT2D eigenvalue weighted by molar-refractivity contribution is 5.85. The zero-order valence-electron chi connectivity index (χ0n) is 12.0. The first-order valence-electron chi connectivity index (χ1n) is 7.57. The molecule has 2 rings (SSSR count). The van der Waals surface area contributed by atoms with Gasteiger partial charge in [0.1, 0.15) is 5.41 Å². The van der Waals surface area contributed by atoms with Crippen molar-refractivity contribution in [1.82, 2.24) is 9.80 Å². The van der Waals surface area contributed by atoms with Gasteiger partial charge >= 0.3 is 0 Å². The van der Waals surface area contributed by atoms with Gasteiger partial charge in [-0.3, -0.25) is 4.79 Å². The van der Waals surface area contributed by atoms with Crippen molar-refractivity contribution < 1.29 is 4.79 Å². The molecule has 1 amide bonds. The second-order valence-corrected chi connectivity index (χ2v) is 6.03. The number of nitriles is 1. The van der Waals surface area contributed by atoms with Gasteiger partial charge < -0.3 is 9.80 Å². The number of likely N-dealkylation sites (N-methyl/N-ethyl adjacent to an activating group) is 1. The minimum atomic E-state index is -0.724. The van der Waals surface area contributed by atoms with Crippen LogP contribution in [0.15, 0.2) is 0 Å². The van der Waals surface area contributed by atoms with Crippen molar-refractivity contribution in [2.24, 2.45) is 5.41 Å². The predicted molar refractivity (Wildman–Crippen MR) is 74.4 cm³/mol. The fourth-order valence-corrected chi connectivity index (χ4v) is 3.29. The summed E-state index contributed by atoms with van der Waals surface area (Å²) >= 11 is 0. The monoisotopic (exact) mass is 263 g/mol. The van der Waals surface area contributed by atoms with Crippen molar-refractivity contribution in [2.75, 3.05) is 33.2 Å². The lowest BCUT2D eigenvalue weighted by Gasteiger charge is -2.33. The van der Waals surface area contributed by atoms with Crippen LogP contribution in [0.3, 0.4) is 0 Å². The molecule has 0 spiro atoms. The van der Waals surface area contributed by atoms with Crippen LogP contribution in [0.5, 0.6) is 0 Å². The summed E-state index contributed by atoms with van der Waals surface area (Å²) < 4.78 is 0. The molecule has 1 saturated heterocycles. The van der Waals surface area contributed by atoms with Crippen LogP contribution in [0.4, 0.5) is 0 Å². The van der Waals surface area contributed by atoms with Gasteiger partial charge in [-0.05, 0) is 38.8 Å². The van der Waals surface area contributed by atoms with E-state index >= 15 is 0 Å². The van der Waals surface area contributed by atoms with Crippen molar-refractivity contribution in [3.05, 3.63) is 0 Å². The third kappa shape index (κ3) is 3.27. The molecule has 1 aliphatic carbocycles. The molecule has 0 bridgehead atoms. The van der Waals surface area contributed by atoms with Gasteiger partial charge in [0.2, 0.25) is 5.91 Å². The summed E-state index contributed by atoms with van der Waals surface area (Å²) in [5.41, 5.74) is -0.724. The van der Waals surface area contributed by atoms with Gasteiger partial charge in [0.15, 0.2) is 0 Å². The highest BCUT2D eigenvalue weighted by atomic mass is 16.2. The van der Waals surface area contributed by atoms with E-state index in [1.165, 1.54) is 12.8 Å². The minimum Gasteiger partial charge on any atom is -0.343 e. The Labute approximate surface area is 116 Å². The molecule has 0 radical (unpaired) electrons. The van der Waals surface area contributed by atoms with Crippen LogP contribution >= 0.6 is 0 Å². The first-order valence-corrected chi connectivity index (χ1v) is 7.57. The molecule has 4 heteroatoms. The highest BCUT2D eigenvalue weighted by Gasteiger charge is 2.41. The fourth-order valence-electron chi connectivity index (χ4n) is 3.29. The Morgan fingerprint density at radius 1 is 1.21 bits per heavy atom. The summed E-state index contributed by atoms with van der Waals surface area (Å²) in [6.07, 6.45) is 7.24. The molecule has 0 unspecified atom stereocenters. The average molecular weight is 263 g/mol. The average Bonchev–Trinajstić information content (AvgIpc) is 2.98. The second kappa shape index (κ2) is 6.38. The Morgan fingerprint density at radius 3 is 2.42 bits per heavy atom. The van der Waals surface area contributed by atoms with Gasteiger partial charge in [-0.2, -0.15) is 5.26 Å². The van der Waals surface area contributed by atoms with E-state index < -0.39 is 5.41 Å². The standard InChI is InChI=1S/C15H25N3O/c1-17(11-12-18-9-5-6-10-18)14(19)15(13-16)7-3-2-4-8-15/h2-12H2,1H3. The summed E-state index contributed by atoms with van der Waals surface area (Å²) in [5.74, 6) is 0.0499. The van der Waals surface area contributed by atoms with Crippen LogP contribution in [0.25, 0.3) is 0 Å². The third-order valence-corrected chi connectivity index (χ3v) is 4.63.